The Morgan fingerprint density at radius 1 is 1.30 bits per heavy atom. The predicted octanol–water partition coefficient (Wildman–Crippen LogP) is 2.55. The van der Waals surface area contributed by atoms with E-state index < -0.39 is 9.05 Å². The standard InChI is InChI=1S/C14H16ClNO3S/c1-9-4-11(7-13(5-9)20(15,18)19)14(17)16-8-10-2-3-12(16)6-10/h4-5,7,10,12H,2-3,6,8H2,1H3. The maximum absolute atomic E-state index is 12.6. The lowest BCUT2D eigenvalue weighted by molar-refractivity contribution is 0.0703. The zero-order chi connectivity index (χ0) is 14.5. The molecule has 1 amide bonds. The molecule has 2 bridgehead atoms. The molecule has 1 aliphatic heterocycles. The van der Waals surface area contributed by atoms with Crippen molar-refractivity contribution in [1.82, 2.24) is 4.90 Å². The van der Waals surface area contributed by atoms with Crippen molar-refractivity contribution in [3.05, 3.63) is 29.3 Å². The van der Waals surface area contributed by atoms with Crippen LogP contribution in [0.3, 0.4) is 0 Å². The molecule has 6 heteroatoms. The van der Waals surface area contributed by atoms with Crippen molar-refractivity contribution in [2.24, 2.45) is 5.92 Å². The number of fused-ring (bicyclic) bond motifs is 2. The summed E-state index contributed by atoms with van der Waals surface area (Å²) < 4.78 is 22.9. The first kappa shape index (κ1) is 13.9. The van der Waals surface area contributed by atoms with Gasteiger partial charge >= 0.3 is 0 Å². The minimum Gasteiger partial charge on any atom is -0.335 e. The van der Waals surface area contributed by atoms with Crippen LogP contribution in [-0.2, 0) is 9.05 Å². The molecule has 3 rings (SSSR count). The summed E-state index contributed by atoms with van der Waals surface area (Å²) in [6, 6.07) is 4.91. The molecule has 1 aliphatic carbocycles. The minimum atomic E-state index is -3.81. The minimum absolute atomic E-state index is 0.00752. The lowest BCUT2D eigenvalue weighted by Crippen LogP contribution is -2.37. The van der Waals surface area contributed by atoms with Crippen LogP contribution in [0.15, 0.2) is 23.1 Å². The summed E-state index contributed by atoms with van der Waals surface area (Å²) in [5.74, 6) is 0.535. The van der Waals surface area contributed by atoms with E-state index in [1.54, 1.807) is 13.0 Å². The van der Waals surface area contributed by atoms with E-state index in [9.17, 15) is 13.2 Å². The third-order valence-electron chi connectivity index (χ3n) is 4.25. The van der Waals surface area contributed by atoms with Crippen LogP contribution in [0.1, 0.15) is 35.2 Å². The van der Waals surface area contributed by atoms with Crippen molar-refractivity contribution in [3.8, 4) is 0 Å². The van der Waals surface area contributed by atoms with Crippen LogP contribution in [0.25, 0.3) is 0 Å². The van der Waals surface area contributed by atoms with Crippen molar-refractivity contribution in [3.63, 3.8) is 0 Å². The first-order valence-electron chi connectivity index (χ1n) is 6.72. The van der Waals surface area contributed by atoms with Gasteiger partial charge in [-0.2, -0.15) is 0 Å². The van der Waals surface area contributed by atoms with Crippen LogP contribution in [-0.4, -0.2) is 31.8 Å². The van der Waals surface area contributed by atoms with E-state index in [0.29, 0.717) is 17.5 Å². The number of carbonyl (C=O) groups is 1. The van der Waals surface area contributed by atoms with Gasteiger partial charge in [0.05, 0.1) is 4.90 Å². The van der Waals surface area contributed by atoms with Crippen LogP contribution < -0.4 is 0 Å². The summed E-state index contributed by atoms with van der Waals surface area (Å²) in [6.07, 6.45) is 3.34. The summed E-state index contributed by atoms with van der Waals surface area (Å²) in [5.41, 5.74) is 1.14. The van der Waals surface area contributed by atoms with Gasteiger partial charge in [-0.25, -0.2) is 8.42 Å². The highest BCUT2D eigenvalue weighted by molar-refractivity contribution is 8.13. The third-order valence-corrected chi connectivity index (χ3v) is 5.58. The number of piperidine rings is 1. The Morgan fingerprint density at radius 2 is 2.05 bits per heavy atom. The van der Waals surface area contributed by atoms with Crippen molar-refractivity contribution < 1.29 is 13.2 Å². The smallest absolute Gasteiger partial charge is 0.261 e. The molecule has 2 fully saturated rings. The largest absolute Gasteiger partial charge is 0.335 e. The van der Waals surface area contributed by atoms with Gasteiger partial charge in [0.1, 0.15) is 0 Å². The molecule has 1 heterocycles. The molecule has 2 unspecified atom stereocenters. The van der Waals surface area contributed by atoms with Gasteiger partial charge in [0.2, 0.25) is 0 Å². The highest BCUT2D eigenvalue weighted by atomic mass is 35.7. The van der Waals surface area contributed by atoms with Gasteiger partial charge in [-0.1, -0.05) is 0 Å². The van der Waals surface area contributed by atoms with Crippen molar-refractivity contribution in [1.29, 1.82) is 0 Å². The molecule has 1 saturated carbocycles. The maximum Gasteiger partial charge on any atom is 0.261 e. The number of nitrogens with zero attached hydrogens (tertiary/aromatic N) is 1. The fraction of sp³-hybridized carbons (Fsp3) is 0.500. The molecule has 0 N–H and O–H groups in total. The number of amides is 1. The van der Waals surface area contributed by atoms with Gasteiger partial charge in [-0.05, 0) is 55.9 Å². The highest BCUT2D eigenvalue weighted by Gasteiger charge is 2.40. The number of carbonyl (C=O) groups excluding carboxylic acids is 1. The molecule has 0 aromatic heterocycles. The molecule has 2 atom stereocenters. The Hall–Kier alpha value is -1.07. The van der Waals surface area contributed by atoms with E-state index in [1.165, 1.54) is 18.6 Å². The summed E-state index contributed by atoms with van der Waals surface area (Å²) in [6.45, 7) is 2.55. The molecule has 0 spiro atoms. The van der Waals surface area contributed by atoms with E-state index in [-0.39, 0.29) is 10.8 Å². The first-order chi connectivity index (χ1) is 9.34. The van der Waals surface area contributed by atoms with E-state index >= 15 is 0 Å². The first-order valence-corrected chi connectivity index (χ1v) is 9.03. The average molecular weight is 314 g/mol. The second-order valence-corrected chi connectivity index (χ2v) is 8.33. The van der Waals surface area contributed by atoms with Crippen LogP contribution in [0, 0.1) is 12.8 Å². The lowest BCUT2D eigenvalue weighted by Gasteiger charge is -2.27. The molecular formula is C14H16ClNO3S. The number of benzene rings is 1. The molecule has 1 aromatic rings. The molecular weight excluding hydrogens is 298 g/mol. The molecule has 20 heavy (non-hydrogen) atoms. The average Bonchev–Trinajstić information content (AvgIpc) is 2.98. The van der Waals surface area contributed by atoms with Gasteiger partial charge in [0, 0.05) is 28.8 Å². The molecule has 2 aliphatic rings. The third kappa shape index (κ3) is 2.44. The predicted molar refractivity (Wildman–Crippen MR) is 76.4 cm³/mol. The second kappa shape index (κ2) is 4.74. The molecule has 108 valence electrons. The summed E-state index contributed by atoms with van der Waals surface area (Å²) in [7, 11) is 1.56. The fourth-order valence-corrected chi connectivity index (χ4v) is 4.21. The molecule has 0 radical (unpaired) electrons. The van der Waals surface area contributed by atoms with Crippen LogP contribution in [0.4, 0.5) is 0 Å². The Balaban J connectivity index is 1.94. The van der Waals surface area contributed by atoms with Crippen LogP contribution in [0.2, 0.25) is 0 Å². The topological polar surface area (TPSA) is 54.5 Å². The fourth-order valence-electron chi connectivity index (χ4n) is 3.35. The highest BCUT2D eigenvalue weighted by Crippen LogP contribution is 2.38. The van der Waals surface area contributed by atoms with Crippen molar-refractivity contribution in [2.45, 2.75) is 37.1 Å². The number of hydrogen-bond donors (Lipinski definition) is 0. The molecule has 4 nitrogen and oxygen atoms in total. The number of likely N-dealkylation sites (tertiary alicyclic amines) is 1. The summed E-state index contributed by atoms with van der Waals surface area (Å²) >= 11 is 0. The number of hydrogen-bond acceptors (Lipinski definition) is 3. The summed E-state index contributed by atoms with van der Waals surface area (Å²) in [5, 5.41) is 0. The van der Waals surface area contributed by atoms with Crippen molar-refractivity contribution in [2.75, 3.05) is 6.54 Å². The number of halogens is 1. The van der Waals surface area contributed by atoms with Gasteiger partial charge in [0.15, 0.2) is 0 Å². The van der Waals surface area contributed by atoms with Gasteiger partial charge in [-0.15, -0.1) is 0 Å². The monoisotopic (exact) mass is 313 g/mol. The van der Waals surface area contributed by atoms with Crippen molar-refractivity contribution >= 4 is 25.6 Å². The SMILES string of the molecule is Cc1cc(C(=O)N2CC3CCC2C3)cc(S(=O)(=O)Cl)c1. The van der Waals surface area contributed by atoms with E-state index in [1.807, 2.05) is 4.90 Å². The van der Waals surface area contributed by atoms with Gasteiger partial charge < -0.3 is 4.90 Å². The normalized spacial score (nSPS) is 25.2. The van der Waals surface area contributed by atoms with E-state index in [2.05, 4.69) is 0 Å². The van der Waals surface area contributed by atoms with Crippen LogP contribution >= 0.6 is 10.7 Å². The Labute approximate surface area is 123 Å². The maximum atomic E-state index is 12.6. The zero-order valence-corrected chi connectivity index (χ0v) is 12.7. The van der Waals surface area contributed by atoms with Crippen LogP contribution in [0.5, 0.6) is 0 Å². The van der Waals surface area contributed by atoms with Gasteiger partial charge in [0.25, 0.3) is 15.0 Å². The summed E-state index contributed by atoms with van der Waals surface area (Å²) in [4.78, 5) is 14.4. The van der Waals surface area contributed by atoms with E-state index in [4.69, 9.17) is 10.7 Å². The quantitative estimate of drug-likeness (QED) is 0.788. The Bertz CT molecular complexity index is 671. The molecule has 1 saturated heterocycles. The Kier molecular flexibility index (Phi) is 3.29. The lowest BCUT2D eigenvalue weighted by atomic mass is 10.1. The van der Waals surface area contributed by atoms with Gasteiger partial charge in [-0.3, -0.25) is 4.79 Å². The second-order valence-electron chi connectivity index (χ2n) is 5.76. The zero-order valence-electron chi connectivity index (χ0n) is 11.2. The van der Waals surface area contributed by atoms with E-state index in [0.717, 1.165) is 24.9 Å². The molecule has 1 aromatic carbocycles. The number of aryl methyl sites for hydroxylation is 1. The Morgan fingerprint density at radius 3 is 2.60 bits per heavy atom. The number of rotatable bonds is 2.